The molecule has 0 atom stereocenters. The first kappa shape index (κ1) is 15.7. The van der Waals surface area contributed by atoms with Gasteiger partial charge in [-0.1, -0.05) is 35.2 Å². The Labute approximate surface area is 132 Å². The maximum Gasteiger partial charge on any atom is 0.257 e. The average molecular weight is 319 g/mol. The molecule has 0 aliphatic rings. The number of rotatable bonds is 5. The number of amides is 1. The molecule has 0 saturated carbocycles. The van der Waals surface area contributed by atoms with Crippen LogP contribution in [0, 0.1) is 20.8 Å². The zero-order valence-electron chi connectivity index (χ0n) is 12.3. The molecule has 6 heteroatoms. The molecule has 0 aliphatic heterocycles. The Kier molecular flexibility index (Phi) is 5.14. The van der Waals surface area contributed by atoms with Crippen LogP contribution in [0.5, 0.6) is 0 Å². The van der Waals surface area contributed by atoms with Gasteiger partial charge in [0, 0.05) is 11.3 Å². The fraction of sp³-hybridized carbons (Fsp3) is 0.267. The van der Waals surface area contributed by atoms with E-state index >= 15 is 0 Å². The van der Waals surface area contributed by atoms with E-state index in [9.17, 15) is 4.79 Å². The van der Waals surface area contributed by atoms with Crippen LogP contribution < -0.4 is 5.32 Å². The molecule has 4 nitrogen and oxygen atoms in total. The van der Waals surface area contributed by atoms with Crippen LogP contribution in [0.15, 0.2) is 29.1 Å². The smallest absolute Gasteiger partial charge is 0.257 e. The van der Waals surface area contributed by atoms with Crippen LogP contribution in [0.3, 0.4) is 0 Å². The molecule has 1 amide bonds. The van der Waals surface area contributed by atoms with Gasteiger partial charge in [0.2, 0.25) is 5.13 Å². The SMILES string of the molecule is C=CCSc1nnc(NC(=O)c2cc(C)c(C)cc2C)s1. The Bertz CT molecular complexity index is 680. The minimum absolute atomic E-state index is 0.146. The van der Waals surface area contributed by atoms with E-state index in [0.717, 1.165) is 21.2 Å². The van der Waals surface area contributed by atoms with E-state index < -0.39 is 0 Å². The van der Waals surface area contributed by atoms with E-state index in [4.69, 9.17) is 0 Å². The Balaban J connectivity index is 2.12. The lowest BCUT2D eigenvalue weighted by atomic mass is 10.0. The predicted molar refractivity (Wildman–Crippen MR) is 89.4 cm³/mol. The number of hydrogen-bond acceptors (Lipinski definition) is 5. The summed E-state index contributed by atoms with van der Waals surface area (Å²) in [4.78, 5) is 12.3. The summed E-state index contributed by atoms with van der Waals surface area (Å²) in [6, 6.07) is 3.93. The summed E-state index contributed by atoms with van der Waals surface area (Å²) < 4.78 is 0.821. The van der Waals surface area contributed by atoms with Crippen molar-refractivity contribution in [1.82, 2.24) is 10.2 Å². The molecule has 1 aromatic carbocycles. The average Bonchev–Trinajstić information content (AvgIpc) is 2.88. The quantitative estimate of drug-likeness (QED) is 0.514. The zero-order valence-corrected chi connectivity index (χ0v) is 13.9. The molecule has 1 N–H and O–H groups in total. The Hall–Kier alpha value is -1.66. The van der Waals surface area contributed by atoms with E-state index in [1.54, 1.807) is 11.8 Å². The number of anilines is 1. The van der Waals surface area contributed by atoms with Gasteiger partial charge >= 0.3 is 0 Å². The summed E-state index contributed by atoms with van der Waals surface area (Å²) in [7, 11) is 0. The van der Waals surface area contributed by atoms with Crippen molar-refractivity contribution >= 4 is 34.1 Å². The van der Waals surface area contributed by atoms with Crippen LogP contribution in [-0.2, 0) is 0 Å². The van der Waals surface area contributed by atoms with Crippen LogP contribution >= 0.6 is 23.1 Å². The number of carbonyl (C=O) groups is 1. The largest absolute Gasteiger partial charge is 0.296 e. The number of benzene rings is 1. The maximum absolute atomic E-state index is 12.3. The van der Waals surface area contributed by atoms with Gasteiger partial charge in [0.15, 0.2) is 4.34 Å². The van der Waals surface area contributed by atoms with Crippen molar-refractivity contribution in [2.75, 3.05) is 11.1 Å². The third-order valence-corrected chi connectivity index (χ3v) is 5.00. The molecule has 0 saturated heterocycles. The second-order valence-corrected chi connectivity index (χ2v) is 6.92. The number of nitrogens with one attached hydrogen (secondary N) is 1. The Morgan fingerprint density at radius 3 is 2.71 bits per heavy atom. The van der Waals surface area contributed by atoms with E-state index in [-0.39, 0.29) is 5.91 Å². The third-order valence-electron chi connectivity index (χ3n) is 3.04. The minimum Gasteiger partial charge on any atom is -0.296 e. The van der Waals surface area contributed by atoms with Crippen LogP contribution in [0.1, 0.15) is 27.0 Å². The van der Waals surface area contributed by atoms with Crippen LogP contribution in [0.2, 0.25) is 0 Å². The molecular formula is C15H17N3OS2. The van der Waals surface area contributed by atoms with Gasteiger partial charge in [-0.15, -0.1) is 16.8 Å². The number of aromatic nitrogens is 2. The predicted octanol–water partition coefficient (Wildman–Crippen LogP) is 3.99. The third kappa shape index (κ3) is 3.92. The monoisotopic (exact) mass is 319 g/mol. The highest BCUT2D eigenvalue weighted by Crippen LogP contribution is 2.26. The van der Waals surface area contributed by atoms with Crippen LogP contribution in [0.4, 0.5) is 5.13 Å². The molecule has 0 bridgehead atoms. The lowest BCUT2D eigenvalue weighted by Crippen LogP contribution is -2.13. The molecule has 0 radical (unpaired) electrons. The van der Waals surface area contributed by atoms with E-state index in [0.29, 0.717) is 10.7 Å². The fourth-order valence-corrected chi connectivity index (χ4v) is 3.33. The summed E-state index contributed by atoms with van der Waals surface area (Å²) in [6.45, 7) is 9.64. The molecule has 1 aromatic heterocycles. The maximum atomic E-state index is 12.3. The molecular weight excluding hydrogens is 302 g/mol. The molecule has 0 fully saturated rings. The van der Waals surface area contributed by atoms with Crippen LogP contribution in [-0.4, -0.2) is 21.9 Å². The second kappa shape index (κ2) is 6.87. The van der Waals surface area contributed by atoms with Gasteiger partial charge in [-0.25, -0.2) is 0 Å². The van der Waals surface area contributed by atoms with Crippen molar-refractivity contribution in [2.24, 2.45) is 0 Å². The fourth-order valence-electron chi connectivity index (χ4n) is 1.82. The Morgan fingerprint density at radius 2 is 2.00 bits per heavy atom. The first-order valence-electron chi connectivity index (χ1n) is 6.47. The molecule has 21 heavy (non-hydrogen) atoms. The van der Waals surface area contributed by atoms with E-state index in [2.05, 4.69) is 22.1 Å². The number of thioether (sulfide) groups is 1. The summed E-state index contributed by atoms with van der Waals surface area (Å²) in [5.74, 6) is 0.630. The van der Waals surface area contributed by atoms with E-state index in [1.807, 2.05) is 39.0 Å². The van der Waals surface area contributed by atoms with Crippen molar-refractivity contribution in [2.45, 2.75) is 25.1 Å². The summed E-state index contributed by atoms with van der Waals surface area (Å²) >= 11 is 2.92. The van der Waals surface area contributed by atoms with Gasteiger partial charge in [-0.2, -0.15) is 0 Å². The van der Waals surface area contributed by atoms with Crippen molar-refractivity contribution in [1.29, 1.82) is 0 Å². The first-order chi connectivity index (χ1) is 10.0. The highest BCUT2D eigenvalue weighted by atomic mass is 32.2. The summed E-state index contributed by atoms with van der Waals surface area (Å²) in [5, 5.41) is 11.3. The van der Waals surface area contributed by atoms with Crippen LogP contribution in [0.25, 0.3) is 0 Å². The van der Waals surface area contributed by atoms with E-state index in [1.165, 1.54) is 16.9 Å². The van der Waals surface area contributed by atoms with Gasteiger partial charge in [0.05, 0.1) is 0 Å². The normalized spacial score (nSPS) is 10.4. The van der Waals surface area contributed by atoms with Gasteiger partial charge in [-0.3, -0.25) is 10.1 Å². The topological polar surface area (TPSA) is 54.9 Å². The number of hydrogen-bond donors (Lipinski definition) is 1. The van der Waals surface area contributed by atoms with Crippen molar-refractivity contribution in [3.05, 3.63) is 47.0 Å². The molecule has 2 rings (SSSR count). The second-order valence-electron chi connectivity index (χ2n) is 4.68. The highest BCUT2D eigenvalue weighted by Gasteiger charge is 2.13. The van der Waals surface area contributed by atoms with Crippen molar-refractivity contribution in [3.8, 4) is 0 Å². The number of aryl methyl sites for hydroxylation is 3. The van der Waals surface area contributed by atoms with Crippen molar-refractivity contribution in [3.63, 3.8) is 0 Å². The first-order valence-corrected chi connectivity index (χ1v) is 8.28. The Morgan fingerprint density at radius 1 is 1.29 bits per heavy atom. The standard InChI is InChI=1S/C15H17N3OS2/c1-5-6-20-15-18-17-14(21-15)16-13(19)12-8-10(3)9(2)7-11(12)4/h5,7-8H,1,6H2,2-4H3,(H,16,17,19). The molecule has 2 aromatic rings. The van der Waals surface area contributed by atoms with Gasteiger partial charge in [0.1, 0.15) is 0 Å². The van der Waals surface area contributed by atoms with Gasteiger partial charge < -0.3 is 0 Å². The molecule has 0 unspecified atom stereocenters. The highest BCUT2D eigenvalue weighted by molar-refractivity contribution is 8.01. The number of nitrogens with zero attached hydrogens (tertiary/aromatic N) is 2. The summed E-state index contributed by atoms with van der Waals surface area (Å²) in [5.41, 5.74) is 3.92. The minimum atomic E-state index is -0.146. The molecule has 1 heterocycles. The van der Waals surface area contributed by atoms with Gasteiger partial charge in [-0.05, 0) is 43.5 Å². The molecule has 0 aliphatic carbocycles. The lowest BCUT2D eigenvalue weighted by Gasteiger charge is -2.08. The lowest BCUT2D eigenvalue weighted by molar-refractivity contribution is 0.102. The zero-order chi connectivity index (χ0) is 15.4. The number of carbonyl (C=O) groups excluding carboxylic acids is 1. The van der Waals surface area contributed by atoms with Crippen molar-refractivity contribution < 1.29 is 4.79 Å². The van der Waals surface area contributed by atoms with Gasteiger partial charge in [0.25, 0.3) is 5.91 Å². The molecule has 0 spiro atoms. The molecule has 110 valence electrons. The summed E-state index contributed by atoms with van der Waals surface area (Å²) in [6.07, 6.45) is 1.81.